The van der Waals surface area contributed by atoms with Crippen LogP contribution >= 0.6 is 31.9 Å². The van der Waals surface area contributed by atoms with Crippen molar-refractivity contribution in [3.05, 3.63) is 22.1 Å². The van der Waals surface area contributed by atoms with Crippen molar-refractivity contribution in [1.29, 1.82) is 0 Å². The van der Waals surface area contributed by atoms with Crippen molar-refractivity contribution in [2.75, 3.05) is 32.7 Å². The van der Waals surface area contributed by atoms with E-state index in [1.165, 1.54) is 0 Å². The van der Waals surface area contributed by atoms with Gasteiger partial charge in [-0.1, -0.05) is 45.0 Å². The van der Waals surface area contributed by atoms with E-state index in [1.54, 1.807) is 0 Å². The van der Waals surface area contributed by atoms with Crippen molar-refractivity contribution in [1.82, 2.24) is 9.80 Å². The first kappa shape index (κ1) is 13.4. The smallest absolute Gasteiger partial charge is 0.0297 e. The number of piperazine rings is 1. The lowest BCUT2D eigenvalue weighted by Gasteiger charge is -2.39. The molecule has 0 saturated carbocycles. The Bertz CT molecular complexity index is 253. The minimum absolute atomic E-state index is 0.583. The first-order valence-corrected chi connectivity index (χ1v) is 6.70. The molecule has 2 nitrogen and oxygen atoms in total. The Balaban J connectivity index is 2.40. The molecule has 0 aromatic rings. The highest BCUT2D eigenvalue weighted by Crippen LogP contribution is 2.15. The molecule has 1 rings (SSSR count). The van der Waals surface area contributed by atoms with Gasteiger partial charge in [-0.25, -0.2) is 0 Å². The van der Waals surface area contributed by atoms with Gasteiger partial charge in [0.15, 0.2) is 0 Å². The van der Waals surface area contributed by atoms with Gasteiger partial charge in [0.05, 0.1) is 0 Å². The third kappa shape index (κ3) is 4.81. The molecular weight excluding hydrogens is 320 g/mol. The van der Waals surface area contributed by atoms with Crippen molar-refractivity contribution in [3.63, 3.8) is 0 Å². The van der Waals surface area contributed by atoms with Gasteiger partial charge in [-0.2, -0.15) is 0 Å². The van der Waals surface area contributed by atoms with Crippen LogP contribution in [0, 0.1) is 0 Å². The van der Waals surface area contributed by atoms with Crippen LogP contribution < -0.4 is 0 Å². The van der Waals surface area contributed by atoms with Crippen LogP contribution in [-0.4, -0.2) is 48.6 Å². The molecule has 1 heterocycles. The number of hydrogen-bond acceptors (Lipinski definition) is 2. The molecule has 0 aliphatic carbocycles. The molecule has 1 aliphatic heterocycles. The van der Waals surface area contributed by atoms with Crippen LogP contribution in [0.25, 0.3) is 0 Å². The van der Waals surface area contributed by atoms with Crippen molar-refractivity contribution >= 4 is 31.9 Å². The Morgan fingerprint density at radius 2 is 1.80 bits per heavy atom. The normalized spacial score (nSPS) is 24.1. The summed E-state index contributed by atoms with van der Waals surface area (Å²) < 4.78 is 2.13. The molecule has 0 spiro atoms. The van der Waals surface area contributed by atoms with E-state index in [-0.39, 0.29) is 0 Å². The molecular formula is C11H18Br2N2. The minimum Gasteiger partial charge on any atom is -0.296 e. The molecule has 1 fully saturated rings. The van der Waals surface area contributed by atoms with Crippen molar-refractivity contribution in [3.8, 4) is 0 Å². The van der Waals surface area contributed by atoms with Gasteiger partial charge in [0.25, 0.3) is 0 Å². The first-order valence-electron chi connectivity index (χ1n) is 5.12. The van der Waals surface area contributed by atoms with Crippen LogP contribution in [0.2, 0.25) is 0 Å². The van der Waals surface area contributed by atoms with Gasteiger partial charge in [0.1, 0.15) is 0 Å². The Labute approximate surface area is 109 Å². The second kappa shape index (κ2) is 6.18. The zero-order valence-electron chi connectivity index (χ0n) is 9.18. The second-order valence-corrected chi connectivity index (χ2v) is 6.33. The lowest BCUT2D eigenvalue weighted by atomic mass is 10.2. The Kier molecular flexibility index (Phi) is 5.53. The Hall–Kier alpha value is 0.360. The largest absolute Gasteiger partial charge is 0.296 e. The van der Waals surface area contributed by atoms with Gasteiger partial charge in [0, 0.05) is 47.7 Å². The summed E-state index contributed by atoms with van der Waals surface area (Å²) in [6, 6.07) is 0.583. The van der Waals surface area contributed by atoms with Crippen LogP contribution in [0.1, 0.15) is 6.92 Å². The van der Waals surface area contributed by atoms with Crippen LogP contribution in [0.5, 0.6) is 0 Å². The minimum atomic E-state index is 0.583. The molecule has 4 heteroatoms. The highest BCUT2D eigenvalue weighted by atomic mass is 79.9. The average Bonchev–Trinajstić information content (AvgIpc) is 2.08. The molecule has 0 N–H and O–H groups in total. The molecule has 86 valence electrons. The summed E-state index contributed by atoms with van der Waals surface area (Å²) in [5.41, 5.74) is 0. The summed E-state index contributed by atoms with van der Waals surface area (Å²) in [7, 11) is 0. The fourth-order valence-electron chi connectivity index (χ4n) is 1.91. The van der Waals surface area contributed by atoms with Crippen LogP contribution in [0.4, 0.5) is 0 Å². The van der Waals surface area contributed by atoms with Crippen molar-refractivity contribution in [2.24, 2.45) is 0 Å². The maximum Gasteiger partial charge on any atom is 0.0297 e. The third-order valence-corrected chi connectivity index (χ3v) is 3.12. The fourth-order valence-corrected chi connectivity index (χ4v) is 2.59. The molecule has 15 heavy (non-hydrogen) atoms. The lowest BCUT2D eigenvalue weighted by Crippen LogP contribution is -2.52. The van der Waals surface area contributed by atoms with E-state index in [0.717, 1.165) is 41.7 Å². The predicted octanol–water partition coefficient (Wildman–Crippen LogP) is 2.81. The zero-order valence-corrected chi connectivity index (χ0v) is 12.3. The van der Waals surface area contributed by atoms with Gasteiger partial charge in [0.2, 0.25) is 0 Å². The maximum absolute atomic E-state index is 3.89. The van der Waals surface area contributed by atoms with E-state index < -0.39 is 0 Å². The molecule has 0 unspecified atom stereocenters. The summed E-state index contributed by atoms with van der Waals surface area (Å²) in [4.78, 5) is 4.87. The predicted molar refractivity (Wildman–Crippen MR) is 73.6 cm³/mol. The van der Waals surface area contributed by atoms with Gasteiger partial charge >= 0.3 is 0 Å². The van der Waals surface area contributed by atoms with E-state index >= 15 is 0 Å². The van der Waals surface area contributed by atoms with Gasteiger partial charge < -0.3 is 0 Å². The Morgan fingerprint density at radius 1 is 1.20 bits per heavy atom. The quantitative estimate of drug-likeness (QED) is 0.778. The lowest BCUT2D eigenvalue weighted by molar-refractivity contribution is 0.101. The van der Waals surface area contributed by atoms with Crippen molar-refractivity contribution in [2.45, 2.75) is 13.0 Å². The van der Waals surface area contributed by atoms with E-state index in [2.05, 4.69) is 61.7 Å². The maximum atomic E-state index is 3.89. The van der Waals surface area contributed by atoms with E-state index in [9.17, 15) is 0 Å². The summed E-state index contributed by atoms with van der Waals surface area (Å²) in [6.45, 7) is 15.2. The monoisotopic (exact) mass is 336 g/mol. The van der Waals surface area contributed by atoms with Crippen LogP contribution in [-0.2, 0) is 0 Å². The summed E-state index contributed by atoms with van der Waals surface area (Å²) >= 11 is 6.84. The first-order chi connectivity index (χ1) is 6.99. The van der Waals surface area contributed by atoms with Crippen LogP contribution in [0.15, 0.2) is 22.1 Å². The molecule has 0 radical (unpaired) electrons. The highest BCUT2D eigenvalue weighted by molar-refractivity contribution is 9.12. The average molecular weight is 338 g/mol. The number of hydrogen-bond donors (Lipinski definition) is 0. The van der Waals surface area contributed by atoms with Gasteiger partial charge in [-0.05, 0) is 6.92 Å². The van der Waals surface area contributed by atoms with E-state index in [0.29, 0.717) is 6.04 Å². The van der Waals surface area contributed by atoms with Gasteiger partial charge in [-0.3, -0.25) is 9.80 Å². The van der Waals surface area contributed by atoms with Crippen molar-refractivity contribution < 1.29 is 0 Å². The highest BCUT2D eigenvalue weighted by Gasteiger charge is 2.23. The van der Waals surface area contributed by atoms with E-state index in [4.69, 9.17) is 0 Å². The molecule has 1 aliphatic rings. The molecule has 0 aromatic heterocycles. The zero-order chi connectivity index (χ0) is 11.4. The molecule has 1 saturated heterocycles. The second-order valence-electron chi connectivity index (χ2n) is 4.09. The molecule has 0 bridgehead atoms. The summed E-state index contributed by atoms with van der Waals surface area (Å²) in [5, 5.41) is 0. The Morgan fingerprint density at radius 3 is 2.27 bits per heavy atom. The van der Waals surface area contributed by atoms with Gasteiger partial charge in [-0.15, -0.1) is 0 Å². The number of halogens is 2. The summed E-state index contributed by atoms with van der Waals surface area (Å²) in [6.07, 6.45) is 0. The SMILES string of the molecule is C=C(Br)CN1CCN(CC(=C)Br)[C@H](C)C1. The molecule has 1 atom stereocenters. The topological polar surface area (TPSA) is 6.48 Å². The fraction of sp³-hybridized carbons (Fsp3) is 0.636. The molecule has 0 aromatic carbocycles. The summed E-state index contributed by atoms with van der Waals surface area (Å²) in [5.74, 6) is 0. The molecule has 0 amide bonds. The van der Waals surface area contributed by atoms with Crippen LogP contribution in [0.3, 0.4) is 0 Å². The number of rotatable bonds is 4. The van der Waals surface area contributed by atoms with E-state index in [1.807, 2.05) is 0 Å². The third-order valence-electron chi connectivity index (χ3n) is 2.62. The number of nitrogens with zero attached hydrogens (tertiary/aromatic N) is 2. The standard InChI is InChI=1S/C11H18Br2N2/c1-9(12)6-14-4-5-15(7-10(2)13)11(3)8-14/h11H,1-2,4-8H2,3H3/t11-/m1/s1.